The van der Waals surface area contributed by atoms with E-state index in [-0.39, 0.29) is 11.3 Å². The highest BCUT2D eigenvalue weighted by atomic mass is 32.2. The Morgan fingerprint density at radius 1 is 1.07 bits per heavy atom. The molecule has 2 aliphatic rings. The summed E-state index contributed by atoms with van der Waals surface area (Å²) >= 11 is 0. The van der Waals surface area contributed by atoms with Gasteiger partial charge in [0.15, 0.2) is 0 Å². The number of ether oxygens (including phenoxy) is 1. The van der Waals surface area contributed by atoms with Crippen LogP contribution in [0, 0.1) is 5.41 Å². The van der Waals surface area contributed by atoms with Crippen molar-refractivity contribution in [3.63, 3.8) is 0 Å². The lowest BCUT2D eigenvalue weighted by atomic mass is 9.83. The highest BCUT2D eigenvalue weighted by Gasteiger charge is 2.39. The van der Waals surface area contributed by atoms with Gasteiger partial charge in [0.05, 0.1) is 10.3 Å². The van der Waals surface area contributed by atoms with Gasteiger partial charge in [0, 0.05) is 25.2 Å². The second kappa shape index (κ2) is 9.79. The minimum absolute atomic E-state index is 0.162. The Balaban J connectivity index is 0.000000230. The zero-order chi connectivity index (χ0) is 22.4. The van der Waals surface area contributed by atoms with Gasteiger partial charge in [0.25, 0.3) is 0 Å². The molecule has 6 nitrogen and oxygen atoms in total. The van der Waals surface area contributed by atoms with Gasteiger partial charge in [-0.25, -0.2) is 0 Å². The number of para-hydroxylation sites is 1. The van der Waals surface area contributed by atoms with E-state index >= 15 is 0 Å². The summed E-state index contributed by atoms with van der Waals surface area (Å²) in [7, 11) is -4.52. The highest BCUT2D eigenvalue weighted by molar-refractivity contribution is 7.89. The number of hydrogen-bond acceptors (Lipinski definition) is 5. The molecule has 1 atom stereocenters. The molecule has 0 spiro atoms. The van der Waals surface area contributed by atoms with Crippen LogP contribution in [-0.2, 0) is 24.2 Å². The normalized spacial score (nSPS) is 21.9. The van der Waals surface area contributed by atoms with E-state index in [0.29, 0.717) is 0 Å². The fourth-order valence-electron chi connectivity index (χ4n) is 3.35. The summed E-state index contributed by atoms with van der Waals surface area (Å²) in [6.07, 6.45) is 8.12. The van der Waals surface area contributed by atoms with Gasteiger partial charge < -0.3 is 9.64 Å². The Bertz CT molecular complexity index is 878. The summed E-state index contributed by atoms with van der Waals surface area (Å²) in [5.41, 5.74) is -0.391. The number of nitrogens with zero attached hydrogens (tertiary/aromatic N) is 1. The van der Waals surface area contributed by atoms with Gasteiger partial charge in [0.1, 0.15) is 5.60 Å². The van der Waals surface area contributed by atoms with Gasteiger partial charge in [-0.2, -0.15) is 8.42 Å². The predicted octanol–water partition coefficient (Wildman–Crippen LogP) is 4.62. The minimum atomic E-state index is -4.52. The number of allylic oxidation sites excluding steroid dienone is 3. The van der Waals surface area contributed by atoms with Crippen LogP contribution in [0.5, 0.6) is 0 Å². The van der Waals surface area contributed by atoms with Crippen molar-refractivity contribution in [2.24, 2.45) is 5.41 Å². The molecule has 3 rings (SSSR count). The smallest absolute Gasteiger partial charge is 0.320 e. The molecule has 30 heavy (non-hydrogen) atoms. The second-order valence-electron chi connectivity index (χ2n) is 8.93. The van der Waals surface area contributed by atoms with E-state index in [2.05, 4.69) is 35.2 Å². The molecule has 1 radical (unpaired) electrons. The maximum Gasteiger partial charge on any atom is 0.320 e. The summed E-state index contributed by atoms with van der Waals surface area (Å²) in [5, 5.41) is 0. The molecule has 1 aliphatic heterocycles. The molecule has 0 N–H and O–H groups in total. The van der Waals surface area contributed by atoms with Crippen LogP contribution >= 0.6 is 0 Å². The van der Waals surface area contributed by atoms with Gasteiger partial charge in [-0.05, 0) is 65.2 Å². The molecular formula is C23H32NO5S. The lowest BCUT2D eigenvalue weighted by Gasteiger charge is -2.30. The SMILES string of the molecule is CC(C)(C)OC(=O)[C@]1(C)C=CC=C(S([O])(=O)=O)C1.c1ccc(N2CCCCC2)cc1. The van der Waals surface area contributed by atoms with E-state index in [0.717, 1.165) is 0 Å². The van der Waals surface area contributed by atoms with Crippen LogP contribution in [0.25, 0.3) is 0 Å². The Labute approximate surface area is 180 Å². The molecule has 1 fully saturated rings. The third-order valence-electron chi connectivity index (χ3n) is 4.95. The van der Waals surface area contributed by atoms with E-state index in [4.69, 9.17) is 4.74 Å². The molecule has 0 saturated carbocycles. The number of anilines is 1. The number of esters is 1. The van der Waals surface area contributed by atoms with Gasteiger partial charge in [-0.3, -0.25) is 4.79 Å². The average Bonchev–Trinajstić information content (AvgIpc) is 2.68. The first-order valence-electron chi connectivity index (χ1n) is 10.3. The number of carbonyl (C=O) groups excluding carboxylic acids is 1. The Morgan fingerprint density at radius 2 is 1.67 bits per heavy atom. The molecule has 165 valence electrons. The van der Waals surface area contributed by atoms with Crippen LogP contribution < -0.4 is 4.90 Å². The van der Waals surface area contributed by atoms with Crippen LogP contribution in [0.3, 0.4) is 0 Å². The van der Waals surface area contributed by atoms with Crippen molar-refractivity contribution >= 4 is 21.8 Å². The highest BCUT2D eigenvalue weighted by Crippen LogP contribution is 2.35. The lowest BCUT2D eigenvalue weighted by Crippen LogP contribution is -2.36. The first kappa shape index (κ1) is 24.2. The number of carbonyl (C=O) groups is 1. The van der Waals surface area contributed by atoms with Crippen LogP contribution in [0.4, 0.5) is 5.69 Å². The number of piperidine rings is 1. The van der Waals surface area contributed by atoms with Gasteiger partial charge in [-0.15, -0.1) is 0 Å². The maximum atomic E-state index is 12.0. The molecule has 0 amide bonds. The van der Waals surface area contributed by atoms with Gasteiger partial charge in [-0.1, -0.05) is 34.9 Å². The quantitative estimate of drug-likeness (QED) is 0.649. The zero-order valence-corrected chi connectivity index (χ0v) is 19.1. The summed E-state index contributed by atoms with van der Waals surface area (Å²) < 4.78 is 38.1. The minimum Gasteiger partial charge on any atom is -0.459 e. The topological polar surface area (TPSA) is 83.6 Å². The molecule has 1 heterocycles. The van der Waals surface area contributed by atoms with Crippen molar-refractivity contribution in [1.29, 1.82) is 0 Å². The fraction of sp³-hybridized carbons (Fsp3) is 0.522. The third kappa shape index (κ3) is 7.29. The zero-order valence-electron chi connectivity index (χ0n) is 18.3. The van der Waals surface area contributed by atoms with Crippen LogP contribution in [0.15, 0.2) is 53.5 Å². The van der Waals surface area contributed by atoms with Crippen molar-refractivity contribution in [2.45, 2.75) is 59.0 Å². The Morgan fingerprint density at radius 3 is 2.20 bits per heavy atom. The second-order valence-corrected chi connectivity index (χ2v) is 10.4. The number of hydrogen-bond donors (Lipinski definition) is 0. The van der Waals surface area contributed by atoms with Crippen molar-refractivity contribution in [3.05, 3.63) is 53.5 Å². The Hall–Kier alpha value is -2.12. The average molecular weight is 435 g/mol. The summed E-state index contributed by atoms with van der Waals surface area (Å²) in [5.74, 6) is -0.541. The first-order valence-corrected chi connectivity index (χ1v) is 11.7. The monoisotopic (exact) mass is 434 g/mol. The molecule has 1 aromatic rings. The molecular weight excluding hydrogens is 402 g/mol. The fourth-order valence-corrected chi connectivity index (χ4v) is 4.07. The van der Waals surface area contributed by atoms with Gasteiger partial charge in [0.2, 0.25) is 0 Å². The van der Waals surface area contributed by atoms with Crippen LogP contribution in [-0.4, -0.2) is 33.1 Å². The van der Waals surface area contributed by atoms with Crippen molar-refractivity contribution in [3.8, 4) is 0 Å². The summed E-state index contributed by atoms with van der Waals surface area (Å²) in [4.78, 5) is 14.2. The van der Waals surface area contributed by atoms with Crippen LogP contribution in [0.1, 0.15) is 53.4 Å². The largest absolute Gasteiger partial charge is 0.459 e. The molecule has 1 aliphatic carbocycles. The molecule has 1 saturated heterocycles. The lowest BCUT2D eigenvalue weighted by molar-refractivity contribution is -0.163. The van der Waals surface area contributed by atoms with Crippen molar-refractivity contribution in [1.82, 2.24) is 0 Å². The predicted molar refractivity (Wildman–Crippen MR) is 118 cm³/mol. The standard InChI is InChI=1S/C12H17O5S.C11H15N/c1-11(2,3)17-10(13)12(4)7-5-6-9(8-12)18(14,15)16;1-3-7-11(8-4-1)12-9-5-2-6-10-12/h5-7H,8H2,1-4H3;1,3-4,7-8H,2,5-6,9-10H2/t12-;/m1./s1. The maximum absolute atomic E-state index is 12.0. The van der Waals surface area contributed by atoms with E-state index < -0.39 is 27.1 Å². The molecule has 7 heteroatoms. The number of benzene rings is 1. The van der Waals surface area contributed by atoms with E-state index in [1.54, 1.807) is 33.8 Å². The van der Waals surface area contributed by atoms with E-state index in [9.17, 15) is 17.8 Å². The third-order valence-corrected chi connectivity index (χ3v) is 5.87. The van der Waals surface area contributed by atoms with E-state index in [1.165, 1.54) is 50.2 Å². The molecule has 1 aromatic carbocycles. The van der Waals surface area contributed by atoms with Crippen LogP contribution in [0.2, 0.25) is 0 Å². The van der Waals surface area contributed by atoms with Crippen molar-refractivity contribution < 1.29 is 22.5 Å². The molecule has 0 bridgehead atoms. The summed E-state index contributed by atoms with van der Waals surface area (Å²) in [6.45, 7) is 9.20. The van der Waals surface area contributed by atoms with Gasteiger partial charge >= 0.3 is 16.1 Å². The molecule has 0 aromatic heterocycles. The number of rotatable bonds is 3. The summed E-state index contributed by atoms with van der Waals surface area (Å²) in [6, 6.07) is 10.7. The van der Waals surface area contributed by atoms with Crippen molar-refractivity contribution in [2.75, 3.05) is 18.0 Å². The Kier molecular flexibility index (Phi) is 7.88. The molecule has 0 unspecified atom stereocenters. The van der Waals surface area contributed by atoms with E-state index in [1.807, 2.05) is 0 Å². The first-order chi connectivity index (χ1) is 13.9.